The molecule has 0 amide bonds. The zero-order chi connectivity index (χ0) is 23.0. The molecule has 0 bridgehead atoms. The molecule has 0 aromatic heterocycles. The summed E-state index contributed by atoms with van der Waals surface area (Å²) in [4.78, 5) is 11.1. The lowest BCUT2D eigenvalue weighted by Crippen LogP contribution is -2.58. The minimum atomic E-state index is -0.686. The average Bonchev–Trinajstić information content (AvgIpc) is 3.07. The smallest absolute Gasteiger partial charge is 0.303 e. The van der Waals surface area contributed by atoms with Crippen molar-refractivity contribution in [2.75, 3.05) is 0 Å². The number of aliphatic carboxylic acids is 1. The van der Waals surface area contributed by atoms with E-state index in [2.05, 4.69) is 41.5 Å². The number of rotatable bonds is 4. The molecule has 0 heterocycles. The first kappa shape index (κ1) is 25.1. The van der Waals surface area contributed by atoms with E-state index >= 15 is 0 Å². The van der Waals surface area contributed by atoms with Gasteiger partial charge in [0.2, 0.25) is 0 Å². The molecule has 4 unspecified atom stereocenters. The van der Waals surface area contributed by atoms with E-state index in [1.807, 2.05) is 0 Å². The fourth-order valence-corrected chi connectivity index (χ4v) is 8.95. The van der Waals surface area contributed by atoms with E-state index in [1.165, 1.54) is 51.4 Å². The monoisotopic (exact) mass is 434 g/mol. The molecule has 0 saturated heterocycles. The van der Waals surface area contributed by atoms with Crippen molar-refractivity contribution in [3.05, 3.63) is 0 Å². The highest BCUT2D eigenvalue weighted by Crippen LogP contribution is 2.68. The predicted molar refractivity (Wildman–Crippen MR) is 128 cm³/mol. The van der Waals surface area contributed by atoms with Crippen LogP contribution in [0, 0.1) is 52.3 Å². The van der Waals surface area contributed by atoms with Gasteiger partial charge in [0.1, 0.15) is 0 Å². The third-order valence-electron chi connectivity index (χ3n) is 10.6. The van der Waals surface area contributed by atoms with Crippen LogP contribution in [-0.4, -0.2) is 22.3 Å². The van der Waals surface area contributed by atoms with Crippen molar-refractivity contribution in [3.63, 3.8) is 0 Å². The summed E-state index contributed by atoms with van der Waals surface area (Å²) in [5.41, 5.74) is 0.426. The van der Waals surface area contributed by atoms with Crippen LogP contribution in [-0.2, 0) is 4.79 Å². The Morgan fingerprint density at radius 3 is 2.35 bits per heavy atom. The molecule has 0 spiro atoms. The summed E-state index contributed by atoms with van der Waals surface area (Å²) in [5.74, 6) is 4.02. The molecule has 3 heteroatoms. The molecule has 10 atom stereocenters. The predicted octanol–water partition coefficient (Wildman–Crippen LogP) is 7.17. The van der Waals surface area contributed by atoms with E-state index < -0.39 is 5.97 Å². The van der Waals surface area contributed by atoms with Crippen LogP contribution in [0.3, 0.4) is 0 Å². The van der Waals surface area contributed by atoms with Gasteiger partial charge in [-0.3, -0.25) is 4.79 Å². The topological polar surface area (TPSA) is 57.5 Å². The van der Waals surface area contributed by atoms with Gasteiger partial charge in [-0.25, -0.2) is 0 Å². The Morgan fingerprint density at radius 2 is 1.71 bits per heavy atom. The number of carboxylic acids is 1. The molecular formula is C28H50O3. The average molecular weight is 435 g/mol. The highest BCUT2D eigenvalue weighted by Gasteiger charge is 2.63. The molecule has 180 valence electrons. The van der Waals surface area contributed by atoms with Crippen molar-refractivity contribution in [1.29, 1.82) is 0 Å². The van der Waals surface area contributed by atoms with Gasteiger partial charge in [0.15, 0.2) is 0 Å². The lowest BCUT2D eigenvalue weighted by atomic mass is 9.43. The van der Waals surface area contributed by atoms with Crippen LogP contribution in [0.1, 0.15) is 112 Å². The largest absolute Gasteiger partial charge is 0.481 e. The summed E-state index contributed by atoms with van der Waals surface area (Å²) in [6.07, 6.45) is 12.3. The summed E-state index contributed by atoms with van der Waals surface area (Å²) < 4.78 is 0. The fraction of sp³-hybridized carbons (Fsp3) is 0.964. The Balaban J connectivity index is 0.000000858. The molecule has 0 radical (unpaired) electrons. The van der Waals surface area contributed by atoms with E-state index in [0.717, 1.165) is 30.6 Å². The van der Waals surface area contributed by atoms with E-state index in [9.17, 15) is 9.90 Å². The molecule has 2 N–H and O–H groups in total. The van der Waals surface area contributed by atoms with E-state index in [4.69, 9.17) is 5.11 Å². The molecule has 0 aliphatic heterocycles. The van der Waals surface area contributed by atoms with Crippen molar-refractivity contribution in [2.24, 2.45) is 52.3 Å². The number of aliphatic hydroxyl groups is 1. The standard InChI is InChI=1S/C25H42O3.C3H8/c1-15-11-12-24(3)17(13-15)6-7-18-20-9-8-19(16(2)5-10-23(27)28)25(20,4)22(26)14-21(18)24;1-3-2/h15-22,26H,5-14H2,1-4H3,(H,27,28);3H2,1-2H3/t15-,16-,17-,18?,19?,20+,21+,22+,24?,25?;/m1./s1. The first-order valence-corrected chi connectivity index (χ1v) is 13.5. The van der Waals surface area contributed by atoms with Crippen LogP contribution in [0.15, 0.2) is 0 Å². The number of hydrogen-bond acceptors (Lipinski definition) is 2. The number of hydrogen-bond donors (Lipinski definition) is 2. The number of carboxylic acid groups (broad SMARTS) is 1. The minimum absolute atomic E-state index is 0.00968. The van der Waals surface area contributed by atoms with Crippen LogP contribution in [0.25, 0.3) is 0 Å². The molecule has 4 rings (SSSR count). The molecule has 4 aliphatic rings. The van der Waals surface area contributed by atoms with Gasteiger partial charge in [0, 0.05) is 6.42 Å². The number of aliphatic hydroxyl groups excluding tert-OH is 1. The zero-order valence-electron chi connectivity index (χ0n) is 21.2. The van der Waals surface area contributed by atoms with Crippen molar-refractivity contribution < 1.29 is 15.0 Å². The van der Waals surface area contributed by atoms with Crippen LogP contribution in [0.4, 0.5) is 0 Å². The zero-order valence-corrected chi connectivity index (χ0v) is 21.2. The molecular weight excluding hydrogens is 384 g/mol. The first-order valence-electron chi connectivity index (χ1n) is 13.5. The summed E-state index contributed by atoms with van der Waals surface area (Å²) in [7, 11) is 0. The minimum Gasteiger partial charge on any atom is -0.481 e. The van der Waals surface area contributed by atoms with E-state index in [1.54, 1.807) is 0 Å². The highest BCUT2D eigenvalue weighted by molar-refractivity contribution is 5.66. The summed E-state index contributed by atoms with van der Waals surface area (Å²) in [6.45, 7) is 13.8. The van der Waals surface area contributed by atoms with E-state index in [-0.39, 0.29) is 17.9 Å². The van der Waals surface area contributed by atoms with Crippen molar-refractivity contribution in [1.82, 2.24) is 0 Å². The molecule has 31 heavy (non-hydrogen) atoms. The second kappa shape index (κ2) is 9.74. The molecule has 0 aromatic rings. The molecule has 4 saturated carbocycles. The third kappa shape index (κ3) is 4.46. The fourth-order valence-electron chi connectivity index (χ4n) is 8.95. The second-order valence-corrected chi connectivity index (χ2v) is 12.5. The van der Waals surface area contributed by atoms with Gasteiger partial charge in [0.05, 0.1) is 6.10 Å². The Kier molecular flexibility index (Phi) is 7.87. The van der Waals surface area contributed by atoms with Crippen LogP contribution >= 0.6 is 0 Å². The van der Waals surface area contributed by atoms with Gasteiger partial charge >= 0.3 is 5.97 Å². The highest BCUT2D eigenvalue weighted by atomic mass is 16.4. The first-order chi connectivity index (χ1) is 14.6. The maximum atomic E-state index is 11.5. The Morgan fingerprint density at radius 1 is 1.03 bits per heavy atom. The molecule has 0 aromatic carbocycles. The Bertz CT molecular complexity index is 617. The lowest BCUT2D eigenvalue weighted by molar-refractivity contribution is -0.171. The van der Waals surface area contributed by atoms with Gasteiger partial charge in [-0.2, -0.15) is 0 Å². The van der Waals surface area contributed by atoms with Crippen molar-refractivity contribution in [3.8, 4) is 0 Å². The Labute approximate surface area is 191 Å². The normalized spacial score (nSPS) is 47.3. The van der Waals surface area contributed by atoms with Crippen LogP contribution in [0.5, 0.6) is 0 Å². The summed E-state index contributed by atoms with van der Waals surface area (Å²) >= 11 is 0. The van der Waals surface area contributed by atoms with Gasteiger partial charge in [-0.15, -0.1) is 0 Å². The van der Waals surface area contributed by atoms with E-state index in [0.29, 0.717) is 29.1 Å². The number of fused-ring (bicyclic) bond motifs is 5. The van der Waals surface area contributed by atoms with Crippen molar-refractivity contribution in [2.45, 2.75) is 118 Å². The van der Waals surface area contributed by atoms with Crippen LogP contribution in [0.2, 0.25) is 0 Å². The van der Waals surface area contributed by atoms with Crippen LogP contribution < -0.4 is 0 Å². The van der Waals surface area contributed by atoms with Gasteiger partial charge < -0.3 is 10.2 Å². The number of carbonyl (C=O) groups is 1. The Hall–Kier alpha value is -0.570. The summed E-state index contributed by atoms with van der Waals surface area (Å²) in [6, 6.07) is 0. The van der Waals surface area contributed by atoms with Crippen molar-refractivity contribution >= 4 is 5.97 Å². The maximum Gasteiger partial charge on any atom is 0.303 e. The maximum absolute atomic E-state index is 11.5. The molecule has 4 aliphatic carbocycles. The lowest BCUT2D eigenvalue weighted by Gasteiger charge is -2.62. The third-order valence-corrected chi connectivity index (χ3v) is 10.6. The molecule has 4 fully saturated rings. The quantitative estimate of drug-likeness (QED) is 0.493. The van der Waals surface area contributed by atoms with Gasteiger partial charge in [0.25, 0.3) is 0 Å². The SMILES string of the molecule is CCC.C[C@@H]1CCC2(C)[C@H](CCC3[C@@H]2C[C@H](O)C2(C)C([C@H](C)CCC(=O)O)CC[C@@H]32)C1. The summed E-state index contributed by atoms with van der Waals surface area (Å²) in [5, 5.41) is 20.6. The van der Waals surface area contributed by atoms with Gasteiger partial charge in [-0.1, -0.05) is 54.4 Å². The molecule has 3 nitrogen and oxygen atoms in total. The second-order valence-electron chi connectivity index (χ2n) is 12.5. The van der Waals surface area contributed by atoms with Gasteiger partial charge in [-0.05, 0) is 104 Å².